The Hall–Kier alpha value is -1.07. The molecule has 23 heavy (non-hydrogen) atoms. The third-order valence-electron chi connectivity index (χ3n) is 4.93. The monoisotopic (exact) mass is 336 g/mol. The maximum Gasteiger partial charge on any atom is 0.221 e. The topological polar surface area (TPSA) is 32.3 Å². The summed E-state index contributed by atoms with van der Waals surface area (Å²) in [5.41, 5.74) is 0.931. The van der Waals surface area contributed by atoms with Crippen molar-refractivity contribution in [3.8, 4) is 0 Å². The van der Waals surface area contributed by atoms with E-state index in [4.69, 9.17) is 0 Å². The van der Waals surface area contributed by atoms with Crippen molar-refractivity contribution in [1.29, 1.82) is 0 Å². The predicted octanol–water partition coefficient (Wildman–Crippen LogP) is 3.74. The highest BCUT2D eigenvalue weighted by molar-refractivity contribution is 7.99. The van der Waals surface area contributed by atoms with E-state index in [1.165, 1.54) is 25.3 Å². The number of amides is 1. The molecule has 1 N–H and O–H groups in total. The number of carbonyl (C=O) groups is 1. The molecule has 1 saturated heterocycles. The summed E-state index contributed by atoms with van der Waals surface area (Å²) in [6.45, 7) is 4.17. The molecule has 2 heterocycles. The number of nitrogens with zero attached hydrogens (tertiary/aromatic N) is 1. The summed E-state index contributed by atoms with van der Waals surface area (Å²) in [6, 6.07) is 5.69. The average Bonchev–Trinajstić information content (AvgIpc) is 2.55. The second kappa shape index (κ2) is 7.67. The molecule has 2 aliphatic rings. The fraction of sp³-hybridized carbons (Fsp3) is 0.611. The minimum atomic E-state index is -0.173. The Morgan fingerprint density at radius 1 is 1.39 bits per heavy atom. The molecule has 2 atom stereocenters. The molecular weight excluding hydrogens is 311 g/mol. The predicted molar refractivity (Wildman–Crippen MR) is 92.1 cm³/mol. The van der Waals surface area contributed by atoms with Crippen LogP contribution in [0.2, 0.25) is 0 Å². The van der Waals surface area contributed by atoms with Crippen molar-refractivity contribution in [3.63, 3.8) is 0 Å². The minimum absolute atomic E-state index is 0.0479. The summed E-state index contributed by atoms with van der Waals surface area (Å²) in [7, 11) is 0. The number of carbonyl (C=O) groups excluding carboxylic acids is 1. The number of thioether (sulfide) groups is 1. The van der Waals surface area contributed by atoms with Crippen molar-refractivity contribution in [3.05, 3.63) is 29.6 Å². The molecule has 0 aromatic heterocycles. The number of hydrogen-bond donors (Lipinski definition) is 1. The number of hydrogen-bond acceptors (Lipinski definition) is 3. The molecule has 1 fully saturated rings. The van der Waals surface area contributed by atoms with E-state index >= 15 is 0 Å². The fourth-order valence-corrected chi connectivity index (χ4v) is 4.68. The Morgan fingerprint density at radius 2 is 2.26 bits per heavy atom. The van der Waals surface area contributed by atoms with Crippen LogP contribution in [0.5, 0.6) is 0 Å². The lowest BCUT2D eigenvalue weighted by atomic mass is 10.0. The Kier molecular flexibility index (Phi) is 5.59. The van der Waals surface area contributed by atoms with Gasteiger partial charge in [0.05, 0.1) is 6.04 Å². The zero-order valence-corrected chi connectivity index (χ0v) is 14.5. The molecule has 1 aromatic rings. The first-order valence-electron chi connectivity index (χ1n) is 8.60. The molecule has 126 valence electrons. The lowest BCUT2D eigenvalue weighted by Crippen LogP contribution is -2.40. The van der Waals surface area contributed by atoms with E-state index in [2.05, 4.69) is 17.1 Å². The van der Waals surface area contributed by atoms with Crippen molar-refractivity contribution < 1.29 is 9.18 Å². The van der Waals surface area contributed by atoms with Gasteiger partial charge in [0.1, 0.15) is 5.82 Å². The largest absolute Gasteiger partial charge is 0.349 e. The van der Waals surface area contributed by atoms with Crippen LogP contribution in [0, 0.1) is 5.82 Å². The maximum absolute atomic E-state index is 13.9. The van der Waals surface area contributed by atoms with Gasteiger partial charge < -0.3 is 10.2 Å². The second-order valence-electron chi connectivity index (χ2n) is 6.55. The van der Waals surface area contributed by atoms with Crippen LogP contribution in [0.1, 0.15) is 50.6 Å². The van der Waals surface area contributed by atoms with E-state index < -0.39 is 0 Å². The minimum Gasteiger partial charge on any atom is -0.349 e. The molecule has 2 unspecified atom stereocenters. The summed E-state index contributed by atoms with van der Waals surface area (Å²) in [5.74, 6) is 0.755. The number of halogens is 1. The number of piperidine rings is 1. The molecule has 0 bridgehead atoms. The van der Waals surface area contributed by atoms with Crippen LogP contribution in [0.4, 0.5) is 4.39 Å². The smallest absolute Gasteiger partial charge is 0.221 e. The first kappa shape index (κ1) is 16.8. The highest BCUT2D eigenvalue weighted by Crippen LogP contribution is 2.37. The fourth-order valence-electron chi connectivity index (χ4n) is 3.54. The van der Waals surface area contributed by atoms with Crippen molar-refractivity contribution >= 4 is 17.7 Å². The van der Waals surface area contributed by atoms with E-state index in [0.717, 1.165) is 30.8 Å². The van der Waals surface area contributed by atoms with Crippen LogP contribution in [0.25, 0.3) is 0 Å². The van der Waals surface area contributed by atoms with Gasteiger partial charge in [-0.15, -0.1) is 11.8 Å². The lowest BCUT2D eigenvalue weighted by molar-refractivity contribution is -0.122. The van der Waals surface area contributed by atoms with Gasteiger partial charge in [-0.25, -0.2) is 4.39 Å². The van der Waals surface area contributed by atoms with Gasteiger partial charge in [0, 0.05) is 29.7 Å². The highest BCUT2D eigenvalue weighted by atomic mass is 32.2. The van der Waals surface area contributed by atoms with E-state index in [-0.39, 0.29) is 17.8 Å². The summed E-state index contributed by atoms with van der Waals surface area (Å²) >= 11 is 1.55. The van der Waals surface area contributed by atoms with Gasteiger partial charge in [-0.3, -0.25) is 4.79 Å². The van der Waals surface area contributed by atoms with Crippen molar-refractivity contribution in [1.82, 2.24) is 10.2 Å². The zero-order valence-electron chi connectivity index (χ0n) is 13.7. The summed E-state index contributed by atoms with van der Waals surface area (Å²) < 4.78 is 13.9. The molecule has 5 heteroatoms. The number of fused-ring (bicyclic) bond motifs is 1. The molecule has 0 spiro atoms. The molecule has 0 radical (unpaired) electrons. The molecule has 0 aliphatic carbocycles. The number of benzene rings is 1. The van der Waals surface area contributed by atoms with Crippen LogP contribution in [-0.2, 0) is 4.79 Å². The van der Waals surface area contributed by atoms with Gasteiger partial charge in [-0.2, -0.15) is 0 Å². The van der Waals surface area contributed by atoms with E-state index in [0.29, 0.717) is 17.4 Å². The molecule has 3 rings (SSSR count). The van der Waals surface area contributed by atoms with Crippen molar-refractivity contribution in [2.45, 2.75) is 56.0 Å². The Balaban J connectivity index is 1.56. The standard InChI is InChI=1S/C18H25FN2OS/c1-13-5-2-3-10-21(13)11-8-17(22)20-16-9-12-23-18-14(16)6-4-7-15(18)19/h4,6-7,13,16H,2-3,5,8-12H2,1H3,(H,20,22). The van der Waals surface area contributed by atoms with Crippen LogP contribution in [-0.4, -0.2) is 35.7 Å². The third kappa shape index (κ3) is 4.07. The highest BCUT2D eigenvalue weighted by Gasteiger charge is 2.25. The summed E-state index contributed by atoms with van der Waals surface area (Å²) in [4.78, 5) is 15.4. The lowest BCUT2D eigenvalue weighted by Gasteiger charge is -2.33. The molecule has 0 saturated carbocycles. The van der Waals surface area contributed by atoms with Gasteiger partial charge in [0.2, 0.25) is 5.91 Å². The van der Waals surface area contributed by atoms with Crippen LogP contribution >= 0.6 is 11.8 Å². The maximum atomic E-state index is 13.9. The van der Waals surface area contributed by atoms with Crippen molar-refractivity contribution in [2.75, 3.05) is 18.8 Å². The number of nitrogens with one attached hydrogen (secondary N) is 1. The Labute approximate surface area is 142 Å². The van der Waals surface area contributed by atoms with E-state index in [1.54, 1.807) is 17.8 Å². The summed E-state index contributed by atoms with van der Waals surface area (Å²) in [6.07, 6.45) is 5.16. The van der Waals surface area contributed by atoms with E-state index in [1.807, 2.05) is 6.07 Å². The first-order chi connectivity index (χ1) is 11.1. The van der Waals surface area contributed by atoms with Crippen molar-refractivity contribution in [2.24, 2.45) is 0 Å². The normalized spacial score (nSPS) is 25.0. The van der Waals surface area contributed by atoms with Gasteiger partial charge in [0.15, 0.2) is 0 Å². The van der Waals surface area contributed by atoms with Gasteiger partial charge in [-0.1, -0.05) is 18.6 Å². The molecular formula is C18H25FN2OS. The van der Waals surface area contributed by atoms with Crippen LogP contribution < -0.4 is 5.32 Å². The number of likely N-dealkylation sites (tertiary alicyclic amines) is 1. The Morgan fingerprint density at radius 3 is 3.09 bits per heavy atom. The van der Waals surface area contributed by atoms with Gasteiger partial charge in [-0.05, 0) is 44.4 Å². The first-order valence-corrected chi connectivity index (χ1v) is 9.58. The molecule has 1 amide bonds. The summed E-state index contributed by atoms with van der Waals surface area (Å²) in [5, 5.41) is 3.11. The molecule has 1 aromatic carbocycles. The third-order valence-corrected chi connectivity index (χ3v) is 6.09. The van der Waals surface area contributed by atoms with Crippen LogP contribution in [0.3, 0.4) is 0 Å². The Bertz CT molecular complexity index is 566. The average molecular weight is 336 g/mol. The zero-order chi connectivity index (χ0) is 16.2. The quantitative estimate of drug-likeness (QED) is 0.909. The SMILES string of the molecule is CC1CCCCN1CCC(=O)NC1CCSc2c(F)cccc21. The van der Waals surface area contributed by atoms with Gasteiger partial charge >= 0.3 is 0 Å². The molecule has 3 nitrogen and oxygen atoms in total. The van der Waals surface area contributed by atoms with Crippen LogP contribution in [0.15, 0.2) is 23.1 Å². The van der Waals surface area contributed by atoms with Gasteiger partial charge in [0.25, 0.3) is 0 Å². The second-order valence-corrected chi connectivity index (χ2v) is 7.65. The molecule has 2 aliphatic heterocycles. The van der Waals surface area contributed by atoms with E-state index in [9.17, 15) is 9.18 Å². The number of rotatable bonds is 4.